The number of nitrogens with two attached hydrogens (primary N) is 1. The first kappa shape index (κ1) is 10.9. The lowest BCUT2D eigenvalue weighted by molar-refractivity contribution is 0.607. The van der Waals surface area contributed by atoms with Crippen LogP contribution in [0.15, 0.2) is 30.4 Å². The zero-order valence-corrected chi connectivity index (χ0v) is 8.47. The lowest BCUT2D eigenvalue weighted by Gasteiger charge is -2.18. The SMILES string of the molecule is C=C(C)C(NN)c1ccc(F)cc1C. The van der Waals surface area contributed by atoms with Gasteiger partial charge in [-0.2, -0.15) is 0 Å². The fourth-order valence-corrected chi connectivity index (χ4v) is 1.46. The molecule has 2 nitrogen and oxygen atoms in total. The van der Waals surface area contributed by atoms with Gasteiger partial charge in [-0.1, -0.05) is 18.2 Å². The summed E-state index contributed by atoms with van der Waals surface area (Å²) >= 11 is 0. The van der Waals surface area contributed by atoms with E-state index in [1.165, 1.54) is 12.1 Å². The summed E-state index contributed by atoms with van der Waals surface area (Å²) < 4.78 is 12.8. The molecule has 3 heteroatoms. The maximum absolute atomic E-state index is 12.8. The molecule has 0 aliphatic heterocycles. The predicted octanol–water partition coefficient (Wildman–Crippen LogP) is 2.21. The molecule has 0 saturated heterocycles. The van der Waals surface area contributed by atoms with Gasteiger partial charge in [-0.05, 0) is 37.1 Å². The Morgan fingerprint density at radius 2 is 2.21 bits per heavy atom. The number of hydrazine groups is 1. The van der Waals surface area contributed by atoms with Crippen LogP contribution in [0.2, 0.25) is 0 Å². The Kier molecular flexibility index (Phi) is 3.38. The normalized spacial score (nSPS) is 12.6. The molecule has 0 radical (unpaired) electrons. The van der Waals surface area contributed by atoms with Gasteiger partial charge in [0.05, 0.1) is 6.04 Å². The van der Waals surface area contributed by atoms with E-state index in [4.69, 9.17) is 5.84 Å². The molecule has 0 amide bonds. The fraction of sp³-hybridized carbons (Fsp3) is 0.273. The molecule has 1 atom stereocenters. The highest BCUT2D eigenvalue weighted by Gasteiger charge is 2.12. The van der Waals surface area contributed by atoms with Gasteiger partial charge in [0.15, 0.2) is 0 Å². The molecule has 14 heavy (non-hydrogen) atoms. The molecule has 0 aromatic heterocycles. The number of benzene rings is 1. The minimum absolute atomic E-state index is 0.115. The number of hydrogen-bond acceptors (Lipinski definition) is 2. The molecule has 1 rings (SSSR count). The molecule has 76 valence electrons. The minimum Gasteiger partial charge on any atom is -0.271 e. The Morgan fingerprint density at radius 3 is 2.64 bits per heavy atom. The molecular formula is C11H15FN2. The Bertz CT molecular complexity index is 347. The number of halogens is 1. The van der Waals surface area contributed by atoms with Gasteiger partial charge in [-0.3, -0.25) is 5.84 Å². The monoisotopic (exact) mass is 194 g/mol. The number of hydrogen-bond donors (Lipinski definition) is 2. The van der Waals surface area contributed by atoms with Gasteiger partial charge >= 0.3 is 0 Å². The van der Waals surface area contributed by atoms with Crippen LogP contribution in [0.5, 0.6) is 0 Å². The Hall–Kier alpha value is -1.19. The first-order valence-corrected chi connectivity index (χ1v) is 4.44. The predicted molar refractivity (Wildman–Crippen MR) is 56.0 cm³/mol. The van der Waals surface area contributed by atoms with Gasteiger partial charge in [0, 0.05) is 0 Å². The van der Waals surface area contributed by atoms with E-state index >= 15 is 0 Å². The van der Waals surface area contributed by atoms with Crippen molar-refractivity contribution in [1.82, 2.24) is 5.43 Å². The largest absolute Gasteiger partial charge is 0.271 e. The lowest BCUT2D eigenvalue weighted by Crippen LogP contribution is -2.29. The Labute approximate surface area is 83.6 Å². The molecule has 0 heterocycles. The van der Waals surface area contributed by atoms with Crippen molar-refractivity contribution >= 4 is 0 Å². The van der Waals surface area contributed by atoms with Crippen LogP contribution in [-0.4, -0.2) is 0 Å². The second-order valence-electron chi connectivity index (χ2n) is 3.45. The molecule has 3 N–H and O–H groups in total. The van der Waals surface area contributed by atoms with Crippen LogP contribution in [0.1, 0.15) is 24.1 Å². The molecule has 1 aromatic carbocycles. The average molecular weight is 194 g/mol. The maximum Gasteiger partial charge on any atom is 0.123 e. The van der Waals surface area contributed by atoms with Crippen molar-refractivity contribution in [1.29, 1.82) is 0 Å². The van der Waals surface area contributed by atoms with Crippen molar-refractivity contribution in [3.05, 3.63) is 47.3 Å². The van der Waals surface area contributed by atoms with E-state index in [9.17, 15) is 4.39 Å². The van der Waals surface area contributed by atoms with Gasteiger partial charge in [0.2, 0.25) is 0 Å². The molecule has 1 unspecified atom stereocenters. The van der Waals surface area contributed by atoms with E-state index in [2.05, 4.69) is 12.0 Å². The van der Waals surface area contributed by atoms with Crippen molar-refractivity contribution in [3.63, 3.8) is 0 Å². The van der Waals surface area contributed by atoms with E-state index in [1.54, 1.807) is 6.07 Å². The minimum atomic E-state index is -0.233. The van der Waals surface area contributed by atoms with Gasteiger partial charge in [-0.25, -0.2) is 9.82 Å². The lowest BCUT2D eigenvalue weighted by atomic mass is 9.97. The number of rotatable bonds is 3. The van der Waals surface area contributed by atoms with Gasteiger partial charge < -0.3 is 0 Å². The maximum atomic E-state index is 12.8. The second kappa shape index (κ2) is 4.35. The molecule has 0 bridgehead atoms. The summed E-state index contributed by atoms with van der Waals surface area (Å²) in [5.41, 5.74) is 5.39. The highest BCUT2D eigenvalue weighted by atomic mass is 19.1. The molecule has 0 spiro atoms. The Morgan fingerprint density at radius 1 is 1.57 bits per heavy atom. The molecule has 0 fully saturated rings. The summed E-state index contributed by atoms with van der Waals surface area (Å²) in [6.45, 7) is 7.57. The van der Waals surface area contributed by atoms with E-state index in [1.807, 2.05) is 13.8 Å². The van der Waals surface area contributed by atoms with Gasteiger partial charge in [0.1, 0.15) is 5.82 Å². The van der Waals surface area contributed by atoms with Crippen LogP contribution in [0, 0.1) is 12.7 Å². The highest BCUT2D eigenvalue weighted by molar-refractivity contribution is 5.33. The summed E-state index contributed by atoms with van der Waals surface area (Å²) in [6, 6.07) is 4.53. The quantitative estimate of drug-likeness (QED) is 0.440. The third-order valence-corrected chi connectivity index (χ3v) is 2.20. The van der Waals surface area contributed by atoms with Crippen LogP contribution in [-0.2, 0) is 0 Å². The van der Waals surface area contributed by atoms with E-state index < -0.39 is 0 Å². The Balaban J connectivity index is 3.10. The van der Waals surface area contributed by atoms with Crippen molar-refractivity contribution in [2.45, 2.75) is 19.9 Å². The third kappa shape index (κ3) is 2.19. The van der Waals surface area contributed by atoms with Crippen LogP contribution in [0.4, 0.5) is 4.39 Å². The molecule has 0 aliphatic carbocycles. The smallest absolute Gasteiger partial charge is 0.123 e. The van der Waals surface area contributed by atoms with Crippen molar-refractivity contribution < 1.29 is 4.39 Å². The van der Waals surface area contributed by atoms with E-state index in [0.717, 1.165) is 16.7 Å². The molecular weight excluding hydrogens is 179 g/mol. The van der Waals surface area contributed by atoms with Crippen LogP contribution in [0.3, 0.4) is 0 Å². The van der Waals surface area contributed by atoms with Crippen molar-refractivity contribution in [3.8, 4) is 0 Å². The summed E-state index contributed by atoms with van der Waals surface area (Å²) in [7, 11) is 0. The summed E-state index contributed by atoms with van der Waals surface area (Å²) in [4.78, 5) is 0. The molecule has 1 aromatic rings. The van der Waals surface area contributed by atoms with Gasteiger partial charge in [-0.15, -0.1) is 0 Å². The average Bonchev–Trinajstić information content (AvgIpc) is 2.09. The van der Waals surface area contributed by atoms with E-state index in [-0.39, 0.29) is 11.9 Å². The second-order valence-corrected chi connectivity index (χ2v) is 3.45. The first-order chi connectivity index (χ1) is 6.56. The van der Waals surface area contributed by atoms with Crippen molar-refractivity contribution in [2.75, 3.05) is 0 Å². The topological polar surface area (TPSA) is 38.0 Å². The van der Waals surface area contributed by atoms with Crippen LogP contribution in [0.25, 0.3) is 0 Å². The zero-order valence-electron chi connectivity index (χ0n) is 8.47. The third-order valence-electron chi connectivity index (χ3n) is 2.20. The van der Waals surface area contributed by atoms with Crippen molar-refractivity contribution in [2.24, 2.45) is 5.84 Å². The fourth-order valence-electron chi connectivity index (χ4n) is 1.46. The van der Waals surface area contributed by atoms with Gasteiger partial charge in [0.25, 0.3) is 0 Å². The summed E-state index contributed by atoms with van der Waals surface area (Å²) in [5.74, 6) is 5.18. The highest BCUT2D eigenvalue weighted by Crippen LogP contribution is 2.22. The number of nitrogens with one attached hydrogen (secondary N) is 1. The van der Waals surface area contributed by atoms with E-state index in [0.29, 0.717) is 0 Å². The van der Waals surface area contributed by atoms with Crippen LogP contribution >= 0.6 is 0 Å². The summed E-state index contributed by atoms with van der Waals surface area (Å²) in [5, 5.41) is 0. The summed E-state index contributed by atoms with van der Waals surface area (Å²) in [6.07, 6.45) is 0. The molecule has 0 aliphatic rings. The first-order valence-electron chi connectivity index (χ1n) is 4.44. The standard InChI is InChI=1S/C11H15FN2/c1-7(2)11(14-13)10-5-4-9(12)6-8(10)3/h4-6,11,14H,1,13H2,2-3H3. The van der Waals surface area contributed by atoms with Crippen LogP contribution < -0.4 is 11.3 Å². The number of aryl methyl sites for hydroxylation is 1. The molecule has 0 saturated carbocycles. The zero-order chi connectivity index (χ0) is 10.7.